The van der Waals surface area contributed by atoms with E-state index in [4.69, 9.17) is 0 Å². The molecule has 0 bridgehead atoms. The lowest BCUT2D eigenvalue weighted by molar-refractivity contribution is -0.130. The van der Waals surface area contributed by atoms with E-state index in [9.17, 15) is 4.79 Å². The second-order valence-electron chi connectivity index (χ2n) is 4.76. The van der Waals surface area contributed by atoms with Gasteiger partial charge in [0.15, 0.2) is 0 Å². The Morgan fingerprint density at radius 2 is 1.93 bits per heavy atom. The molecule has 0 amide bonds. The Bertz CT molecular complexity index is 244. The smallest absolute Gasteiger partial charge is 0.141 e. The van der Waals surface area contributed by atoms with E-state index in [0.717, 1.165) is 12.0 Å². The third kappa shape index (κ3) is 3.91. The first kappa shape index (κ1) is 13.2. The molecule has 0 heterocycles. The van der Waals surface area contributed by atoms with Crippen LogP contribution in [0, 0.1) is 11.3 Å². The zero-order chi connectivity index (χ0) is 11.4. The zero-order valence-corrected chi connectivity index (χ0v) is 10.1. The van der Waals surface area contributed by atoms with Gasteiger partial charge >= 0.3 is 0 Å². The first-order valence-electron chi connectivity index (χ1n) is 5.14. The topological polar surface area (TPSA) is 17.1 Å². The summed E-state index contributed by atoms with van der Waals surface area (Å²) < 4.78 is 0. The number of hydrogen-bond donors (Lipinski definition) is 0. The van der Waals surface area contributed by atoms with Crippen LogP contribution in [0.1, 0.15) is 41.0 Å². The molecule has 0 radical (unpaired) electrons. The predicted molar refractivity (Wildman–Crippen MR) is 62.2 cm³/mol. The Morgan fingerprint density at radius 3 is 2.29 bits per heavy atom. The van der Waals surface area contributed by atoms with Crippen LogP contribution in [-0.4, -0.2) is 5.78 Å². The van der Waals surface area contributed by atoms with Crippen LogP contribution >= 0.6 is 0 Å². The van der Waals surface area contributed by atoms with E-state index in [-0.39, 0.29) is 11.3 Å². The highest BCUT2D eigenvalue weighted by Crippen LogP contribution is 2.26. The number of rotatable bonds is 5. The Morgan fingerprint density at radius 1 is 1.43 bits per heavy atom. The molecular formula is C13H22O. The standard InChI is InChI=1S/C13H22O/c1-7-11(4)8-9-13(5,6)12(14)10(2)3/h7-8,10H,1,9H2,2-6H3. The molecule has 0 aromatic rings. The van der Waals surface area contributed by atoms with Gasteiger partial charge in [-0.2, -0.15) is 0 Å². The van der Waals surface area contributed by atoms with Crippen LogP contribution in [0.15, 0.2) is 24.3 Å². The van der Waals surface area contributed by atoms with Gasteiger partial charge in [0.25, 0.3) is 0 Å². The molecule has 14 heavy (non-hydrogen) atoms. The van der Waals surface area contributed by atoms with E-state index in [2.05, 4.69) is 12.7 Å². The summed E-state index contributed by atoms with van der Waals surface area (Å²) in [6.45, 7) is 13.6. The van der Waals surface area contributed by atoms with Gasteiger partial charge in [-0.1, -0.05) is 52.0 Å². The van der Waals surface area contributed by atoms with E-state index in [1.165, 1.54) is 0 Å². The van der Waals surface area contributed by atoms with Crippen molar-refractivity contribution in [1.29, 1.82) is 0 Å². The van der Waals surface area contributed by atoms with Gasteiger partial charge in [-0.3, -0.25) is 4.79 Å². The van der Waals surface area contributed by atoms with Crippen LogP contribution in [0.3, 0.4) is 0 Å². The molecular weight excluding hydrogens is 172 g/mol. The first-order chi connectivity index (χ1) is 6.31. The molecule has 0 rings (SSSR count). The van der Waals surface area contributed by atoms with E-state index < -0.39 is 0 Å². The molecule has 80 valence electrons. The van der Waals surface area contributed by atoms with Crippen molar-refractivity contribution in [2.45, 2.75) is 41.0 Å². The fourth-order valence-corrected chi connectivity index (χ4v) is 1.38. The van der Waals surface area contributed by atoms with Gasteiger partial charge in [0, 0.05) is 11.3 Å². The van der Waals surface area contributed by atoms with Crippen LogP contribution in [0.2, 0.25) is 0 Å². The van der Waals surface area contributed by atoms with Gasteiger partial charge in [-0.15, -0.1) is 0 Å². The number of carbonyl (C=O) groups excluding carboxylic acids is 1. The number of hydrogen-bond acceptors (Lipinski definition) is 1. The third-order valence-corrected chi connectivity index (χ3v) is 2.45. The zero-order valence-electron chi connectivity index (χ0n) is 10.1. The summed E-state index contributed by atoms with van der Waals surface area (Å²) in [7, 11) is 0. The predicted octanol–water partition coefficient (Wildman–Crippen LogP) is 3.76. The lowest BCUT2D eigenvalue weighted by Gasteiger charge is -2.23. The second-order valence-corrected chi connectivity index (χ2v) is 4.76. The minimum absolute atomic E-state index is 0.113. The molecule has 0 aliphatic carbocycles. The third-order valence-electron chi connectivity index (χ3n) is 2.45. The Labute approximate surface area is 87.9 Å². The Balaban J connectivity index is 4.49. The normalized spacial score (nSPS) is 13.1. The molecule has 1 heteroatoms. The van der Waals surface area contributed by atoms with Crippen molar-refractivity contribution < 1.29 is 4.79 Å². The number of allylic oxidation sites excluding steroid dienone is 3. The van der Waals surface area contributed by atoms with Crippen molar-refractivity contribution in [1.82, 2.24) is 0 Å². The maximum Gasteiger partial charge on any atom is 0.141 e. The van der Waals surface area contributed by atoms with Crippen LogP contribution in [0.4, 0.5) is 0 Å². The molecule has 0 spiro atoms. The van der Waals surface area contributed by atoms with Gasteiger partial charge in [-0.05, 0) is 13.3 Å². The minimum atomic E-state index is -0.252. The lowest BCUT2D eigenvalue weighted by Crippen LogP contribution is -2.27. The summed E-state index contributed by atoms with van der Waals surface area (Å²) in [6, 6.07) is 0. The molecule has 0 saturated carbocycles. The fourth-order valence-electron chi connectivity index (χ4n) is 1.38. The maximum atomic E-state index is 11.8. The molecule has 0 saturated heterocycles. The largest absolute Gasteiger partial charge is 0.299 e. The van der Waals surface area contributed by atoms with E-state index in [0.29, 0.717) is 5.78 Å². The summed E-state index contributed by atoms with van der Waals surface area (Å²) in [6.07, 6.45) is 4.69. The highest BCUT2D eigenvalue weighted by molar-refractivity contribution is 5.85. The van der Waals surface area contributed by atoms with E-state index >= 15 is 0 Å². The number of Topliss-reactive ketones (excluding diaryl/α,β-unsaturated/α-hetero) is 1. The van der Waals surface area contributed by atoms with Crippen molar-refractivity contribution in [3.05, 3.63) is 24.3 Å². The van der Waals surface area contributed by atoms with Crippen molar-refractivity contribution in [2.75, 3.05) is 0 Å². The van der Waals surface area contributed by atoms with Gasteiger partial charge in [0.2, 0.25) is 0 Å². The Kier molecular flexibility index (Phi) is 4.82. The molecule has 0 aliphatic rings. The average Bonchev–Trinajstić information content (AvgIpc) is 2.12. The summed E-state index contributed by atoms with van der Waals surface area (Å²) >= 11 is 0. The monoisotopic (exact) mass is 194 g/mol. The Hall–Kier alpha value is -0.850. The molecule has 0 aliphatic heterocycles. The van der Waals surface area contributed by atoms with Crippen LogP contribution in [0.25, 0.3) is 0 Å². The molecule has 0 fully saturated rings. The molecule has 0 N–H and O–H groups in total. The number of carbonyl (C=O) groups is 1. The first-order valence-corrected chi connectivity index (χ1v) is 5.14. The SMILES string of the molecule is C=CC(C)=CCC(C)(C)C(=O)C(C)C. The van der Waals surface area contributed by atoms with Crippen molar-refractivity contribution in [2.24, 2.45) is 11.3 Å². The molecule has 0 aromatic heterocycles. The molecule has 0 aromatic carbocycles. The van der Waals surface area contributed by atoms with Gasteiger partial charge < -0.3 is 0 Å². The lowest BCUT2D eigenvalue weighted by atomic mass is 9.79. The van der Waals surface area contributed by atoms with Crippen LogP contribution < -0.4 is 0 Å². The maximum absolute atomic E-state index is 11.8. The van der Waals surface area contributed by atoms with E-state index in [1.54, 1.807) is 0 Å². The van der Waals surface area contributed by atoms with Crippen molar-refractivity contribution in [3.8, 4) is 0 Å². The van der Waals surface area contributed by atoms with Crippen LogP contribution in [0.5, 0.6) is 0 Å². The van der Waals surface area contributed by atoms with Gasteiger partial charge in [-0.25, -0.2) is 0 Å². The van der Waals surface area contributed by atoms with Crippen molar-refractivity contribution >= 4 is 5.78 Å². The second kappa shape index (κ2) is 5.14. The summed E-state index contributed by atoms with van der Waals surface area (Å²) in [5.74, 6) is 0.438. The molecule has 0 atom stereocenters. The average molecular weight is 194 g/mol. The van der Waals surface area contributed by atoms with Crippen LogP contribution in [-0.2, 0) is 4.79 Å². The summed E-state index contributed by atoms with van der Waals surface area (Å²) in [5.41, 5.74) is 0.882. The minimum Gasteiger partial charge on any atom is -0.299 e. The molecule has 0 unspecified atom stereocenters. The summed E-state index contributed by atoms with van der Waals surface area (Å²) in [5, 5.41) is 0. The fraction of sp³-hybridized carbons (Fsp3) is 0.615. The highest BCUT2D eigenvalue weighted by Gasteiger charge is 2.27. The quantitative estimate of drug-likeness (QED) is 0.609. The number of ketones is 1. The van der Waals surface area contributed by atoms with E-state index in [1.807, 2.05) is 40.7 Å². The highest BCUT2D eigenvalue weighted by atomic mass is 16.1. The van der Waals surface area contributed by atoms with Gasteiger partial charge in [0.05, 0.1) is 0 Å². The van der Waals surface area contributed by atoms with Crippen molar-refractivity contribution in [3.63, 3.8) is 0 Å². The molecule has 1 nitrogen and oxygen atoms in total. The van der Waals surface area contributed by atoms with Gasteiger partial charge in [0.1, 0.15) is 5.78 Å². The summed E-state index contributed by atoms with van der Waals surface area (Å²) in [4.78, 5) is 11.8.